The maximum atomic E-state index is 13.0. The van der Waals surface area contributed by atoms with Gasteiger partial charge in [0.1, 0.15) is 18.0 Å². The first kappa shape index (κ1) is 29.7. The Morgan fingerprint density at radius 3 is 2.59 bits per heavy atom. The number of anilines is 2. The summed E-state index contributed by atoms with van der Waals surface area (Å²) >= 11 is 6.20. The van der Waals surface area contributed by atoms with E-state index in [0.717, 1.165) is 15.9 Å². The summed E-state index contributed by atoms with van der Waals surface area (Å²) in [4.78, 5) is 30.0. The normalized spacial score (nSPS) is 11.2. The SMILES string of the molecule is COc1ccc(CNc2c(Cl)cnn(CC(=O)Nc3ccc(C)c(S(=O)(=O)NCCc4ccccn4)c3)c2=O)cc1. The number of hydrogen-bond donors (Lipinski definition) is 3. The van der Waals surface area contributed by atoms with Gasteiger partial charge in [-0.25, -0.2) is 17.8 Å². The van der Waals surface area contributed by atoms with Crippen LogP contribution in [0.25, 0.3) is 0 Å². The number of carbonyl (C=O) groups is 1. The molecule has 0 fully saturated rings. The number of ether oxygens (including phenoxy) is 1. The zero-order chi connectivity index (χ0) is 29.4. The summed E-state index contributed by atoms with van der Waals surface area (Å²) in [6, 6.07) is 17.3. The fourth-order valence-electron chi connectivity index (χ4n) is 3.92. The molecular formula is C28H29ClN6O5S. The number of hydrogen-bond acceptors (Lipinski definition) is 8. The van der Waals surface area contributed by atoms with E-state index in [1.165, 1.54) is 12.3 Å². The Hall–Kier alpha value is -4.26. The summed E-state index contributed by atoms with van der Waals surface area (Å²) in [5, 5.41) is 9.72. The highest BCUT2D eigenvalue weighted by Gasteiger charge is 2.18. The van der Waals surface area contributed by atoms with Crippen LogP contribution in [0.5, 0.6) is 5.75 Å². The second-order valence-corrected chi connectivity index (χ2v) is 11.2. The van der Waals surface area contributed by atoms with Gasteiger partial charge in [0.2, 0.25) is 15.9 Å². The number of sulfonamides is 1. The molecule has 3 N–H and O–H groups in total. The van der Waals surface area contributed by atoms with Crippen molar-refractivity contribution in [3.8, 4) is 5.75 Å². The zero-order valence-corrected chi connectivity index (χ0v) is 24.0. The van der Waals surface area contributed by atoms with Crippen LogP contribution in [0, 0.1) is 6.92 Å². The Morgan fingerprint density at radius 1 is 1.10 bits per heavy atom. The molecule has 214 valence electrons. The number of benzene rings is 2. The van der Waals surface area contributed by atoms with Crippen molar-refractivity contribution in [2.45, 2.75) is 31.3 Å². The number of pyridine rings is 1. The highest BCUT2D eigenvalue weighted by atomic mass is 35.5. The third-order valence-electron chi connectivity index (χ3n) is 6.08. The van der Waals surface area contributed by atoms with Gasteiger partial charge in [0.25, 0.3) is 5.56 Å². The second kappa shape index (κ2) is 13.4. The maximum absolute atomic E-state index is 13.0. The van der Waals surface area contributed by atoms with Gasteiger partial charge < -0.3 is 15.4 Å². The fourth-order valence-corrected chi connectivity index (χ4v) is 5.41. The van der Waals surface area contributed by atoms with Crippen LogP contribution < -0.4 is 25.7 Å². The van der Waals surface area contributed by atoms with Crippen LogP contribution in [0.1, 0.15) is 16.8 Å². The average molecular weight is 597 g/mol. The molecule has 0 atom stereocenters. The van der Waals surface area contributed by atoms with Gasteiger partial charge in [0.05, 0.1) is 23.2 Å². The third kappa shape index (κ3) is 7.91. The average Bonchev–Trinajstić information content (AvgIpc) is 2.96. The molecular weight excluding hydrogens is 568 g/mol. The molecule has 0 saturated carbocycles. The second-order valence-electron chi connectivity index (χ2n) is 9.03. The molecule has 4 aromatic rings. The van der Waals surface area contributed by atoms with Gasteiger partial charge in [-0.1, -0.05) is 35.9 Å². The summed E-state index contributed by atoms with van der Waals surface area (Å²) < 4.78 is 34.6. The Morgan fingerprint density at radius 2 is 1.88 bits per heavy atom. The number of rotatable bonds is 12. The summed E-state index contributed by atoms with van der Waals surface area (Å²) in [6.07, 6.45) is 3.35. The van der Waals surface area contributed by atoms with Crippen molar-refractivity contribution in [1.29, 1.82) is 0 Å². The quantitative estimate of drug-likeness (QED) is 0.226. The number of aromatic nitrogens is 3. The number of amides is 1. The minimum Gasteiger partial charge on any atom is -0.497 e. The number of aryl methyl sites for hydroxylation is 1. The van der Waals surface area contributed by atoms with Crippen molar-refractivity contribution in [2.24, 2.45) is 0 Å². The van der Waals surface area contributed by atoms with Gasteiger partial charge in [-0.2, -0.15) is 5.10 Å². The summed E-state index contributed by atoms with van der Waals surface area (Å²) in [7, 11) is -2.28. The smallest absolute Gasteiger partial charge is 0.292 e. The van der Waals surface area contributed by atoms with E-state index in [0.29, 0.717) is 24.3 Å². The molecule has 0 radical (unpaired) electrons. The third-order valence-corrected chi connectivity index (χ3v) is 7.97. The molecule has 2 aromatic carbocycles. The summed E-state index contributed by atoms with van der Waals surface area (Å²) in [5.41, 5.74) is 1.94. The standard InChI is InChI=1S/C28H29ClN6O5S/c1-19-6-9-22(15-25(19)41(38,39)33-14-12-21-5-3-4-13-30-21)34-26(36)18-35-28(37)27(24(29)17-32-35)31-16-20-7-10-23(40-2)11-8-20/h3-11,13,15,17,31,33H,12,14,16,18H2,1-2H3,(H,34,36). The van der Waals surface area contributed by atoms with Gasteiger partial charge in [-0.05, 0) is 54.4 Å². The van der Waals surface area contributed by atoms with E-state index in [4.69, 9.17) is 16.3 Å². The summed E-state index contributed by atoms with van der Waals surface area (Å²) in [5.74, 6) is 0.137. The van der Waals surface area contributed by atoms with E-state index in [-0.39, 0.29) is 27.8 Å². The van der Waals surface area contributed by atoms with Gasteiger partial charge >= 0.3 is 0 Å². The molecule has 0 spiro atoms. The van der Waals surface area contributed by atoms with Crippen LogP contribution in [-0.2, 0) is 34.3 Å². The van der Waals surface area contributed by atoms with Gasteiger partial charge in [-0.3, -0.25) is 14.6 Å². The molecule has 41 heavy (non-hydrogen) atoms. The molecule has 0 aliphatic carbocycles. The first-order chi connectivity index (χ1) is 19.7. The van der Waals surface area contributed by atoms with E-state index in [1.54, 1.807) is 50.6 Å². The van der Waals surface area contributed by atoms with E-state index < -0.39 is 28.0 Å². The predicted octanol–water partition coefficient (Wildman–Crippen LogP) is 3.38. The first-order valence-corrected chi connectivity index (χ1v) is 14.4. The van der Waals surface area contributed by atoms with Crippen LogP contribution in [0.15, 0.2) is 82.7 Å². The molecule has 0 unspecified atom stereocenters. The molecule has 1 amide bonds. The van der Waals surface area contributed by atoms with Crippen molar-refractivity contribution in [1.82, 2.24) is 19.5 Å². The minimum absolute atomic E-state index is 0.0307. The topological polar surface area (TPSA) is 144 Å². The Bertz CT molecular complexity index is 1680. The van der Waals surface area contributed by atoms with Gasteiger partial charge in [-0.15, -0.1) is 0 Å². The number of methoxy groups -OCH3 is 1. The molecule has 2 aromatic heterocycles. The Kier molecular flexibility index (Phi) is 9.71. The van der Waals surface area contributed by atoms with Crippen molar-refractivity contribution in [2.75, 3.05) is 24.3 Å². The highest BCUT2D eigenvalue weighted by molar-refractivity contribution is 7.89. The van der Waals surface area contributed by atoms with Crippen LogP contribution in [0.4, 0.5) is 11.4 Å². The predicted molar refractivity (Wildman–Crippen MR) is 157 cm³/mol. The maximum Gasteiger partial charge on any atom is 0.292 e. The van der Waals surface area contributed by atoms with Crippen LogP contribution in [0.3, 0.4) is 0 Å². The number of nitrogens with zero attached hydrogens (tertiary/aromatic N) is 3. The first-order valence-electron chi connectivity index (χ1n) is 12.6. The van der Waals surface area contributed by atoms with Crippen LogP contribution >= 0.6 is 11.6 Å². The molecule has 0 aliphatic heterocycles. The number of halogens is 1. The van der Waals surface area contributed by atoms with E-state index in [1.807, 2.05) is 24.3 Å². The van der Waals surface area contributed by atoms with Crippen LogP contribution in [0.2, 0.25) is 5.02 Å². The molecule has 4 rings (SSSR count). The van der Waals surface area contributed by atoms with E-state index >= 15 is 0 Å². The van der Waals surface area contributed by atoms with E-state index in [9.17, 15) is 18.0 Å². The van der Waals surface area contributed by atoms with Crippen molar-refractivity contribution in [3.63, 3.8) is 0 Å². The van der Waals surface area contributed by atoms with Crippen molar-refractivity contribution in [3.05, 3.63) is 105 Å². The minimum atomic E-state index is -3.86. The lowest BCUT2D eigenvalue weighted by Gasteiger charge is -2.13. The lowest BCUT2D eigenvalue weighted by atomic mass is 10.2. The molecule has 2 heterocycles. The Labute approximate surface area is 242 Å². The van der Waals surface area contributed by atoms with Crippen LogP contribution in [-0.4, -0.2) is 42.7 Å². The van der Waals surface area contributed by atoms with Crippen molar-refractivity contribution >= 4 is 38.9 Å². The van der Waals surface area contributed by atoms with Crippen molar-refractivity contribution < 1.29 is 17.9 Å². The Balaban J connectivity index is 1.41. The lowest BCUT2D eigenvalue weighted by molar-refractivity contribution is -0.117. The lowest BCUT2D eigenvalue weighted by Crippen LogP contribution is -2.31. The monoisotopic (exact) mass is 596 g/mol. The summed E-state index contributed by atoms with van der Waals surface area (Å²) in [6.45, 7) is 1.73. The largest absolute Gasteiger partial charge is 0.497 e. The molecule has 0 aliphatic rings. The highest BCUT2D eigenvalue weighted by Crippen LogP contribution is 2.21. The molecule has 11 nitrogen and oxygen atoms in total. The molecule has 0 bridgehead atoms. The van der Waals surface area contributed by atoms with Gasteiger partial charge in [0.15, 0.2) is 0 Å². The number of nitrogens with one attached hydrogen (secondary N) is 3. The molecule has 13 heteroatoms. The molecule has 0 saturated heterocycles. The fraction of sp³-hybridized carbons (Fsp3) is 0.214. The van der Waals surface area contributed by atoms with Gasteiger partial charge in [0, 0.05) is 37.1 Å². The zero-order valence-electron chi connectivity index (χ0n) is 22.4. The number of carbonyl (C=O) groups excluding carboxylic acids is 1. The van der Waals surface area contributed by atoms with E-state index in [2.05, 4.69) is 25.4 Å².